The number of carbonyl (C=O) groups excluding carboxylic acids is 1. The zero-order chi connectivity index (χ0) is 17.3. The van der Waals surface area contributed by atoms with Gasteiger partial charge in [0, 0.05) is 38.1 Å². The van der Waals surface area contributed by atoms with Crippen LogP contribution < -0.4 is 4.90 Å². The number of sulfone groups is 1. The van der Waals surface area contributed by atoms with Crippen molar-refractivity contribution in [3.63, 3.8) is 0 Å². The number of hydrogen-bond acceptors (Lipinski definition) is 5. The Balaban J connectivity index is 1.75. The van der Waals surface area contributed by atoms with E-state index in [0.29, 0.717) is 18.0 Å². The molecule has 7 heteroatoms. The Bertz CT molecular complexity index is 720. The maximum Gasteiger partial charge on any atom is 0.272 e. The maximum absolute atomic E-state index is 12.7. The molecule has 2 aliphatic rings. The van der Waals surface area contributed by atoms with E-state index in [4.69, 9.17) is 0 Å². The van der Waals surface area contributed by atoms with E-state index in [9.17, 15) is 13.2 Å². The molecule has 2 unspecified atom stereocenters. The summed E-state index contributed by atoms with van der Waals surface area (Å²) in [6.07, 6.45) is 4.46. The number of hydrogen-bond donors (Lipinski definition) is 0. The first kappa shape index (κ1) is 17.2. The van der Waals surface area contributed by atoms with Crippen molar-refractivity contribution in [1.82, 2.24) is 9.88 Å². The van der Waals surface area contributed by atoms with Gasteiger partial charge in [-0.1, -0.05) is 6.92 Å². The van der Waals surface area contributed by atoms with Crippen LogP contribution in [0.5, 0.6) is 0 Å². The van der Waals surface area contributed by atoms with E-state index in [0.717, 1.165) is 31.6 Å². The molecule has 1 amide bonds. The van der Waals surface area contributed by atoms with Gasteiger partial charge in [0.1, 0.15) is 5.69 Å². The Morgan fingerprint density at radius 2 is 2.17 bits per heavy atom. The Hall–Kier alpha value is -1.63. The Kier molecular flexibility index (Phi) is 4.80. The molecular formula is C17H25N3O3S. The molecule has 2 atom stereocenters. The third-order valence-corrected chi connectivity index (χ3v) is 6.82. The van der Waals surface area contributed by atoms with Crippen LogP contribution in [-0.4, -0.2) is 61.9 Å². The molecule has 2 fully saturated rings. The Morgan fingerprint density at radius 3 is 2.83 bits per heavy atom. The lowest BCUT2D eigenvalue weighted by molar-refractivity contribution is 0.0677. The van der Waals surface area contributed by atoms with Crippen LogP contribution in [0.4, 0.5) is 5.69 Å². The number of nitrogens with zero attached hydrogens (tertiary/aromatic N) is 3. The van der Waals surface area contributed by atoms with Crippen molar-refractivity contribution in [2.24, 2.45) is 5.92 Å². The Morgan fingerprint density at radius 1 is 1.38 bits per heavy atom. The smallest absolute Gasteiger partial charge is 0.272 e. The van der Waals surface area contributed by atoms with Crippen molar-refractivity contribution in [2.45, 2.75) is 32.2 Å². The van der Waals surface area contributed by atoms with Crippen LogP contribution in [0.15, 0.2) is 18.3 Å². The highest BCUT2D eigenvalue weighted by Crippen LogP contribution is 2.24. The van der Waals surface area contributed by atoms with E-state index in [1.807, 2.05) is 22.9 Å². The minimum Gasteiger partial charge on any atom is -0.370 e. The highest BCUT2D eigenvalue weighted by Gasteiger charge is 2.31. The van der Waals surface area contributed by atoms with Gasteiger partial charge < -0.3 is 9.80 Å². The van der Waals surface area contributed by atoms with Gasteiger partial charge in [0.05, 0.1) is 11.5 Å². The summed E-state index contributed by atoms with van der Waals surface area (Å²) in [7, 11) is -1.04. The number of piperidine rings is 1. The normalized spacial score (nSPS) is 26.3. The molecule has 0 spiro atoms. The van der Waals surface area contributed by atoms with Crippen LogP contribution in [0.1, 0.15) is 36.7 Å². The lowest BCUT2D eigenvalue weighted by Crippen LogP contribution is -2.39. The first-order chi connectivity index (χ1) is 11.4. The standard InChI is InChI=1S/C17H25N3O3S/c1-13-4-3-8-20(11-13)17(21)16-10-14(5-7-18-16)19(2)15-6-9-24(22,23)12-15/h5,7,10,13,15H,3-4,6,8-9,11-12H2,1-2H3. The van der Waals surface area contributed by atoms with Gasteiger partial charge in [-0.15, -0.1) is 0 Å². The number of amides is 1. The van der Waals surface area contributed by atoms with Gasteiger partial charge in [0.15, 0.2) is 9.84 Å². The SMILES string of the molecule is CC1CCCN(C(=O)c2cc(N(C)C3CCS(=O)(=O)C3)ccn2)C1. The maximum atomic E-state index is 12.7. The minimum atomic E-state index is -2.93. The number of anilines is 1. The summed E-state index contributed by atoms with van der Waals surface area (Å²) >= 11 is 0. The molecular weight excluding hydrogens is 326 g/mol. The molecule has 2 aliphatic heterocycles. The van der Waals surface area contributed by atoms with Crippen LogP contribution in [0.25, 0.3) is 0 Å². The predicted molar refractivity (Wildman–Crippen MR) is 94.0 cm³/mol. The molecule has 2 saturated heterocycles. The van der Waals surface area contributed by atoms with E-state index in [1.165, 1.54) is 0 Å². The molecule has 6 nitrogen and oxygen atoms in total. The van der Waals surface area contributed by atoms with Gasteiger partial charge in [-0.05, 0) is 37.3 Å². The topological polar surface area (TPSA) is 70.6 Å². The molecule has 3 rings (SSSR count). The van der Waals surface area contributed by atoms with Crippen molar-refractivity contribution in [3.05, 3.63) is 24.0 Å². The molecule has 0 aromatic carbocycles. The van der Waals surface area contributed by atoms with E-state index < -0.39 is 9.84 Å². The first-order valence-electron chi connectivity index (χ1n) is 8.54. The van der Waals surface area contributed by atoms with Gasteiger partial charge in [-0.3, -0.25) is 9.78 Å². The van der Waals surface area contributed by atoms with Crippen LogP contribution in [-0.2, 0) is 9.84 Å². The number of rotatable bonds is 3. The first-order valence-corrected chi connectivity index (χ1v) is 10.4. The quantitative estimate of drug-likeness (QED) is 0.827. The van der Waals surface area contributed by atoms with Crippen LogP contribution in [0.2, 0.25) is 0 Å². The van der Waals surface area contributed by atoms with Crippen molar-refractivity contribution in [1.29, 1.82) is 0 Å². The molecule has 1 aromatic rings. The lowest BCUT2D eigenvalue weighted by atomic mass is 10.00. The van der Waals surface area contributed by atoms with Gasteiger partial charge >= 0.3 is 0 Å². The monoisotopic (exact) mass is 351 g/mol. The molecule has 3 heterocycles. The highest BCUT2D eigenvalue weighted by atomic mass is 32.2. The fourth-order valence-corrected chi connectivity index (χ4v) is 5.36. The summed E-state index contributed by atoms with van der Waals surface area (Å²) in [5, 5.41) is 0. The molecule has 24 heavy (non-hydrogen) atoms. The summed E-state index contributed by atoms with van der Waals surface area (Å²) in [5.74, 6) is 0.914. The zero-order valence-corrected chi connectivity index (χ0v) is 15.1. The zero-order valence-electron chi connectivity index (χ0n) is 14.3. The molecule has 0 radical (unpaired) electrons. The Labute approximate surface area is 143 Å². The summed E-state index contributed by atoms with van der Waals surface area (Å²) in [4.78, 5) is 20.8. The van der Waals surface area contributed by atoms with Gasteiger partial charge in [-0.25, -0.2) is 8.42 Å². The van der Waals surface area contributed by atoms with Crippen molar-refractivity contribution in [2.75, 3.05) is 36.5 Å². The third kappa shape index (κ3) is 3.71. The fourth-order valence-electron chi connectivity index (χ4n) is 3.58. The largest absolute Gasteiger partial charge is 0.370 e. The number of aromatic nitrogens is 1. The van der Waals surface area contributed by atoms with Gasteiger partial charge in [0.25, 0.3) is 5.91 Å². The average molecular weight is 351 g/mol. The van der Waals surface area contributed by atoms with Crippen LogP contribution in [0, 0.1) is 5.92 Å². The highest BCUT2D eigenvalue weighted by molar-refractivity contribution is 7.91. The summed E-state index contributed by atoms with van der Waals surface area (Å²) in [6.45, 7) is 3.73. The van der Waals surface area contributed by atoms with E-state index in [1.54, 1.807) is 12.3 Å². The van der Waals surface area contributed by atoms with E-state index >= 15 is 0 Å². The molecule has 0 bridgehead atoms. The molecule has 1 aromatic heterocycles. The van der Waals surface area contributed by atoms with Crippen molar-refractivity contribution in [3.8, 4) is 0 Å². The van der Waals surface area contributed by atoms with Crippen LogP contribution >= 0.6 is 0 Å². The van der Waals surface area contributed by atoms with Crippen LogP contribution in [0.3, 0.4) is 0 Å². The number of pyridine rings is 1. The molecule has 0 aliphatic carbocycles. The lowest BCUT2D eigenvalue weighted by Gasteiger charge is -2.31. The number of likely N-dealkylation sites (tertiary alicyclic amines) is 1. The van der Waals surface area contributed by atoms with E-state index in [2.05, 4.69) is 11.9 Å². The van der Waals surface area contributed by atoms with Gasteiger partial charge in [-0.2, -0.15) is 0 Å². The second-order valence-corrected chi connectivity index (χ2v) is 9.29. The summed E-state index contributed by atoms with van der Waals surface area (Å²) in [6, 6.07) is 3.59. The number of carbonyl (C=O) groups is 1. The molecule has 0 saturated carbocycles. The second kappa shape index (κ2) is 6.70. The fraction of sp³-hybridized carbons (Fsp3) is 0.647. The summed E-state index contributed by atoms with van der Waals surface area (Å²) < 4.78 is 23.4. The van der Waals surface area contributed by atoms with Crippen molar-refractivity contribution >= 4 is 21.4 Å². The van der Waals surface area contributed by atoms with Crippen molar-refractivity contribution < 1.29 is 13.2 Å². The molecule has 132 valence electrons. The predicted octanol–water partition coefficient (Wildman–Crippen LogP) is 1.58. The van der Waals surface area contributed by atoms with E-state index in [-0.39, 0.29) is 23.5 Å². The average Bonchev–Trinajstić information content (AvgIpc) is 2.93. The van der Waals surface area contributed by atoms with Gasteiger partial charge in [0.2, 0.25) is 0 Å². The second-order valence-electron chi connectivity index (χ2n) is 7.07. The molecule has 0 N–H and O–H groups in total. The minimum absolute atomic E-state index is 0.0316. The third-order valence-electron chi connectivity index (χ3n) is 5.07. The summed E-state index contributed by atoms with van der Waals surface area (Å²) in [5.41, 5.74) is 1.29.